The maximum Gasteiger partial charge on any atom is 0.261 e. The van der Waals surface area contributed by atoms with Crippen LogP contribution < -0.4 is 14.8 Å². The second-order valence-corrected chi connectivity index (χ2v) is 4.14. The van der Waals surface area contributed by atoms with Crippen molar-refractivity contribution in [3.63, 3.8) is 0 Å². The van der Waals surface area contributed by atoms with Crippen molar-refractivity contribution >= 4 is 12.0 Å². The number of fused-ring (bicyclic) bond motifs is 1. The smallest absolute Gasteiger partial charge is 0.261 e. The minimum absolute atomic E-state index is 0.0497. The average molecular weight is 270 g/mol. The third kappa shape index (κ3) is 2.64. The number of ether oxygens (including phenoxy) is 2. The van der Waals surface area contributed by atoms with Crippen LogP contribution in [0, 0.1) is 11.3 Å². The Hall–Kier alpha value is -2.74. The molecule has 0 fully saturated rings. The van der Waals surface area contributed by atoms with E-state index in [1.807, 2.05) is 30.3 Å². The predicted molar refractivity (Wildman–Crippen MR) is 74.2 cm³/mol. The van der Waals surface area contributed by atoms with Gasteiger partial charge in [-0.3, -0.25) is 4.79 Å². The third-order valence-electron chi connectivity index (χ3n) is 2.88. The molecule has 1 aliphatic heterocycles. The zero-order chi connectivity index (χ0) is 14.5. The molecule has 0 bridgehead atoms. The highest BCUT2D eigenvalue weighted by atomic mass is 16.5. The van der Waals surface area contributed by atoms with Gasteiger partial charge in [-0.15, -0.1) is 0 Å². The van der Waals surface area contributed by atoms with E-state index in [9.17, 15) is 4.79 Å². The molecule has 1 aromatic rings. The van der Waals surface area contributed by atoms with Gasteiger partial charge in [-0.25, -0.2) is 0 Å². The van der Waals surface area contributed by atoms with Crippen LogP contribution in [0.5, 0.6) is 11.5 Å². The molecule has 20 heavy (non-hydrogen) atoms. The van der Waals surface area contributed by atoms with Crippen LogP contribution in [-0.4, -0.2) is 26.7 Å². The van der Waals surface area contributed by atoms with Crippen molar-refractivity contribution in [3.05, 3.63) is 41.0 Å². The Morgan fingerprint density at radius 1 is 1.55 bits per heavy atom. The largest absolute Gasteiger partial charge is 0.493 e. The third-order valence-corrected chi connectivity index (χ3v) is 2.88. The summed E-state index contributed by atoms with van der Waals surface area (Å²) in [5, 5.41) is 11.4. The van der Waals surface area contributed by atoms with E-state index >= 15 is 0 Å². The van der Waals surface area contributed by atoms with Crippen molar-refractivity contribution in [2.24, 2.45) is 0 Å². The van der Waals surface area contributed by atoms with Gasteiger partial charge in [0, 0.05) is 12.6 Å². The van der Waals surface area contributed by atoms with Gasteiger partial charge < -0.3 is 14.8 Å². The molecule has 1 aromatic carbocycles. The fourth-order valence-corrected chi connectivity index (χ4v) is 1.91. The molecule has 0 atom stereocenters. The van der Waals surface area contributed by atoms with Crippen LogP contribution >= 0.6 is 0 Å². The maximum absolute atomic E-state index is 11.5. The minimum Gasteiger partial charge on any atom is -0.493 e. The number of para-hydroxylation sites is 1. The Morgan fingerprint density at radius 2 is 2.35 bits per heavy atom. The van der Waals surface area contributed by atoms with Crippen LogP contribution in [0.25, 0.3) is 6.08 Å². The van der Waals surface area contributed by atoms with E-state index in [2.05, 4.69) is 5.32 Å². The highest BCUT2D eigenvalue weighted by Gasteiger charge is 2.16. The molecule has 1 N–H and O–H groups in total. The molecule has 0 unspecified atom stereocenters. The van der Waals surface area contributed by atoms with E-state index in [1.165, 1.54) is 13.1 Å². The van der Waals surface area contributed by atoms with Crippen molar-refractivity contribution in [2.45, 2.75) is 0 Å². The van der Waals surface area contributed by atoms with Crippen LogP contribution in [0.2, 0.25) is 0 Å². The Kier molecular flexibility index (Phi) is 4.06. The highest BCUT2D eigenvalue weighted by molar-refractivity contribution is 5.97. The number of nitrogens with one attached hydrogen (secondary N) is 1. The van der Waals surface area contributed by atoms with E-state index in [4.69, 9.17) is 14.7 Å². The molecular formula is C15H14N2O3. The SMILES string of the molecule is CNC(=O)/C(C#N)=C\C1=Cc2cccc(OC)c2OC1. The van der Waals surface area contributed by atoms with Gasteiger partial charge in [0.2, 0.25) is 0 Å². The fourth-order valence-electron chi connectivity index (χ4n) is 1.91. The second kappa shape index (κ2) is 5.93. The quantitative estimate of drug-likeness (QED) is 0.670. The van der Waals surface area contributed by atoms with Crippen molar-refractivity contribution < 1.29 is 14.3 Å². The number of amides is 1. The fraction of sp³-hybridized carbons (Fsp3) is 0.200. The lowest BCUT2D eigenvalue weighted by Crippen LogP contribution is -2.20. The summed E-state index contributed by atoms with van der Waals surface area (Å²) >= 11 is 0. The number of rotatable bonds is 3. The number of hydrogen-bond donors (Lipinski definition) is 1. The molecule has 0 spiro atoms. The second-order valence-electron chi connectivity index (χ2n) is 4.14. The minimum atomic E-state index is -0.412. The van der Waals surface area contributed by atoms with E-state index in [1.54, 1.807) is 7.11 Å². The molecule has 1 amide bonds. The van der Waals surface area contributed by atoms with E-state index in [0.29, 0.717) is 11.5 Å². The van der Waals surface area contributed by atoms with Crippen LogP contribution in [-0.2, 0) is 4.79 Å². The van der Waals surface area contributed by atoms with Gasteiger partial charge in [0.05, 0.1) is 7.11 Å². The van der Waals surface area contributed by atoms with Crippen molar-refractivity contribution in [1.82, 2.24) is 5.32 Å². The molecule has 2 rings (SSSR count). The lowest BCUT2D eigenvalue weighted by molar-refractivity contribution is -0.116. The summed E-state index contributed by atoms with van der Waals surface area (Å²) in [4.78, 5) is 11.5. The summed E-state index contributed by atoms with van der Waals surface area (Å²) in [5.41, 5.74) is 1.66. The molecular weight excluding hydrogens is 256 g/mol. The molecule has 0 radical (unpaired) electrons. The monoisotopic (exact) mass is 270 g/mol. The van der Waals surface area contributed by atoms with Crippen molar-refractivity contribution in [1.29, 1.82) is 5.26 Å². The Balaban J connectivity index is 2.37. The standard InChI is InChI=1S/C15H14N2O3/c1-17-15(18)12(8-16)7-10-6-11-4-3-5-13(19-2)14(11)20-9-10/h3-7H,9H2,1-2H3,(H,17,18)/b12-7-. The summed E-state index contributed by atoms with van der Waals surface area (Å²) < 4.78 is 10.9. The van der Waals surface area contributed by atoms with Gasteiger partial charge in [-0.05, 0) is 23.8 Å². The molecule has 0 aliphatic carbocycles. The van der Waals surface area contributed by atoms with Gasteiger partial charge in [-0.1, -0.05) is 12.1 Å². The number of methoxy groups -OCH3 is 1. The topological polar surface area (TPSA) is 71.4 Å². The Morgan fingerprint density at radius 3 is 3.00 bits per heavy atom. The van der Waals surface area contributed by atoms with Crippen molar-refractivity contribution in [3.8, 4) is 17.6 Å². The van der Waals surface area contributed by atoms with Crippen molar-refractivity contribution in [2.75, 3.05) is 20.8 Å². The van der Waals surface area contributed by atoms with Crippen LogP contribution in [0.4, 0.5) is 0 Å². The first-order valence-electron chi connectivity index (χ1n) is 6.04. The summed E-state index contributed by atoms with van der Waals surface area (Å²) in [6.07, 6.45) is 3.41. The van der Waals surface area contributed by atoms with Gasteiger partial charge in [-0.2, -0.15) is 5.26 Å². The molecule has 5 nitrogen and oxygen atoms in total. The number of hydrogen-bond acceptors (Lipinski definition) is 4. The zero-order valence-corrected chi connectivity index (χ0v) is 11.3. The first kappa shape index (κ1) is 13.7. The number of likely N-dealkylation sites (N-methyl/N-ethyl adjacent to an activating group) is 1. The predicted octanol–water partition coefficient (Wildman–Crippen LogP) is 1.67. The number of carbonyl (C=O) groups is 1. The van der Waals surface area contributed by atoms with E-state index < -0.39 is 5.91 Å². The normalized spacial score (nSPS) is 13.4. The summed E-state index contributed by atoms with van der Waals surface area (Å²) in [6.45, 7) is 0.287. The van der Waals surface area contributed by atoms with Crippen LogP contribution in [0.1, 0.15) is 5.56 Å². The van der Waals surface area contributed by atoms with Gasteiger partial charge >= 0.3 is 0 Å². The lowest BCUT2D eigenvalue weighted by atomic mass is 10.0. The summed E-state index contributed by atoms with van der Waals surface area (Å²) in [5.74, 6) is 0.920. The number of nitriles is 1. The van der Waals surface area contributed by atoms with Crippen LogP contribution in [0.15, 0.2) is 35.4 Å². The lowest BCUT2D eigenvalue weighted by Gasteiger charge is -2.18. The number of nitrogens with zero attached hydrogens (tertiary/aromatic N) is 1. The molecule has 0 saturated heterocycles. The molecule has 1 aliphatic rings. The van der Waals surface area contributed by atoms with E-state index in [0.717, 1.165) is 11.1 Å². The number of carbonyl (C=O) groups excluding carboxylic acids is 1. The Labute approximate surface area is 117 Å². The zero-order valence-electron chi connectivity index (χ0n) is 11.3. The van der Waals surface area contributed by atoms with Gasteiger partial charge in [0.1, 0.15) is 18.2 Å². The van der Waals surface area contributed by atoms with E-state index in [-0.39, 0.29) is 12.2 Å². The first-order valence-corrected chi connectivity index (χ1v) is 6.04. The van der Waals surface area contributed by atoms with Gasteiger partial charge in [0.15, 0.2) is 11.5 Å². The van der Waals surface area contributed by atoms with Gasteiger partial charge in [0.25, 0.3) is 5.91 Å². The molecule has 0 saturated carbocycles. The number of benzene rings is 1. The molecule has 5 heteroatoms. The van der Waals surface area contributed by atoms with Crippen LogP contribution in [0.3, 0.4) is 0 Å². The first-order chi connectivity index (χ1) is 9.69. The average Bonchev–Trinajstić information content (AvgIpc) is 2.50. The molecule has 1 heterocycles. The maximum atomic E-state index is 11.5. The molecule has 0 aromatic heterocycles. The summed E-state index contributed by atoms with van der Waals surface area (Å²) in [7, 11) is 3.07. The Bertz CT molecular complexity index is 639. The highest BCUT2D eigenvalue weighted by Crippen LogP contribution is 2.35. The summed E-state index contributed by atoms with van der Waals surface area (Å²) in [6, 6.07) is 7.43. The molecule has 102 valence electrons.